The van der Waals surface area contributed by atoms with Gasteiger partial charge in [0.25, 0.3) is 10.2 Å². The minimum absolute atomic E-state index is 0.306. The Kier molecular flexibility index (Phi) is 3.94. The van der Waals surface area contributed by atoms with Crippen molar-refractivity contribution in [3.8, 4) is 0 Å². The van der Waals surface area contributed by atoms with Crippen molar-refractivity contribution in [2.75, 3.05) is 31.6 Å². The molecule has 0 radical (unpaired) electrons. The number of hydrogen-bond donors (Lipinski definition) is 2. The van der Waals surface area contributed by atoms with Gasteiger partial charge in [0.1, 0.15) is 6.04 Å². The lowest BCUT2D eigenvalue weighted by molar-refractivity contribution is -0.118. The van der Waals surface area contributed by atoms with Crippen LogP contribution in [-0.4, -0.2) is 51.0 Å². The molecular weight excluding hydrogens is 294 g/mol. The Morgan fingerprint density at radius 2 is 1.95 bits per heavy atom. The molecule has 2 N–H and O–H groups in total. The number of anilines is 1. The summed E-state index contributed by atoms with van der Waals surface area (Å²) >= 11 is 0. The summed E-state index contributed by atoms with van der Waals surface area (Å²) in [7, 11) is -3.68. The second-order valence-corrected chi connectivity index (χ2v) is 6.74. The minimum atomic E-state index is -3.68. The number of hydrogen-bond acceptors (Lipinski definition) is 4. The quantitative estimate of drug-likeness (QED) is 0.803. The van der Waals surface area contributed by atoms with Crippen LogP contribution in [0.5, 0.6) is 0 Å². The fourth-order valence-electron chi connectivity index (χ4n) is 2.49. The maximum absolute atomic E-state index is 12.3. The number of nitrogens with zero attached hydrogens (tertiary/aromatic N) is 1. The number of benzene rings is 1. The minimum Gasteiger partial charge on any atom is -0.379 e. The zero-order chi connectivity index (χ0) is 14.9. The molecule has 0 spiro atoms. The van der Waals surface area contributed by atoms with Crippen molar-refractivity contribution in [3.05, 3.63) is 29.8 Å². The van der Waals surface area contributed by atoms with Gasteiger partial charge < -0.3 is 10.1 Å². The predicted molar refractivity (Wildman–Crippen MR) is 77.0 cm³/mol. The lowest BCUT2D eigenvalue weighted by Crippen LogP contribution is -2.54. The molecule has 3 rings (SSSR count). The number of rotatable bonds is 3. The van der Waals surface area contributed by atoms with Gasteiger partial charge in [0.2, 0.25) is 5.91 Å². The second kappa shape index (κ2) is 5.72. The third-order valence-electron chi connectivity index (χ3n) is 3.62. The van der Waals surface area contributed by atoms with Crippen LogP contribution in [0.4, 0.5) is 5.69 Å². The molecule has 1 unspecified atom stereocenters. The fraction of sp³-hybridized carbons (Fsp3) is 0.462. The highest BCUT2D eigenvalue weighted by molar-refractivity contribution is 7.87. The van der Waals surface area contributed by atoms with E-state index in [1.54, 1.807) is 6.07 Å². The van der Waals surface area contributed by atoms with Crippen LogP contribution in [0.25, 0.3) is 0 Å². The summed E-state index contributed by atoms with van der Waals surface area (Å²) in [5.74, 6) is -0.328. The van der Waals surface area contributed by atoms with E-state index in [2.05, 4.69) is 10.0 Å². The summed E-state index contributed by atoms with van der Waals surface area (Å²) < 4.78 is 33.5. The van der Waals surface area contributed by atoms with E-state index in [1.807, 2.05) is 18.2 Å². The largest absolute Gasteiger partial charge is 0.379 e. The van der Waals surface area contributed by atoms with Crippen LogP contribution in [0.2, 0.25) is 0 Å². The van der Waals surface area contributed by atoms with Crippen LogP contribution in [0.15, 0.2) is 24.3 Å². The molecule has 8 heteroatoms. The van der Waals surface area contributed by atoms with E-state index in [-0.39, 0.29) is 5.91 Å². The van der Waals surface area contributed by atoms with E-state index < -0.39 is 16.3 Å². The average molecular weight is 311 g/mol. The Labute approximate surface area is 123 Å². The summed E-state index contributed by atoms with van der Waals surface area (Å²) in [6.45, 7) is 1.36. The van der Waals surface area contributed by atoms with Gasteiger partial charge in [-0.2, -0.15) is 17.4 Å². The lowest BCUT2D eigenvalue weighted by Gasteiger charge is -2.30. The van der Waals surface area contributed by atoms with Gasteiger partial charge in [0.15, 0.2) is 0 Å². The fourth-order valence-corrected chi connectivity index (χ4v) is 3.82. The first-order chi connectivity index (χ1) is 10.1. The van der Waals surface area contributed by atoms with Crippen molar-refractivity contribution >= 4 is 21.8 Å². The number of amides is 1. The summed E-state index contributed by atoms with van der Waals surface area (Å²) in [5, 5.41) is 2.73. The van der Waals surface area contributed by atoms with Gasteiger partial charge in [-0.15, -0.1) is 0 Å². The molecule has 2 aliphatic rings. The lowest BCUT2D eigenvalue weighted by atomic mass is 10.00. The molecule has 1 aromatic rings. The van der Waals surface area contributed by atoms with E-state index >= 15 is 0 Å². The molecule has 2 aliphatic heterocycles. The van der Waals surface area contributed by atoms with Crippen molar-refractivity contribution in [3.63, 3.8) is 0 Å². The van der Waals surface area contributed by atoms with Crippen LogP contribution in [0, 0.1) is 0 Å². The first-order valence-corrected chi connectivity index (χ1v) is 8.24. The molecule has 21 heavy (non-hydrogen) atoms. The summed E-state index contributed by atoms with van der Waals surface area (Å²) in [6, 6.07) is 6.60. The van der Waals surface area contributed by atoms with Gasteiger partial charge in [-0.25, -0.2) is 0 Å². The Bertz CT molecular complexity index is 641. The van der Waals surface area contributed by atoms with E-state index in [1.165, 1.54) is 4.31 Å². The Morgan fingerprint density at radius 3 is 2.71 bits per heavy atom. The van der Waals surface area contributed by atoms with E-state index in [4.69, 9.17) is 4.74 Å². The molecule has 1 aromatic carbocycles. The van der Waals surface area contributed by atoms with E-state index in [0.717, 1.165) is 11.3 Å². The smallest absolute Gasteiger partial charge is 0.280 e. The van der Waals surface area contributed by atoms with Crippen LogP contribution >= 0.6 is 0 Å². The Balaban J connectivity index is 1.74. The summed E-state index contributed by atoms with van der Waals surface area (Å²) in [6.07, 6.45) is 0.353. The number of carbonyl (C=O) groups is 1. The number of nitrogens with one attached hydrogen (secondary N) is 2. The molecule has 0 bridgehead atoms. The molecule has 114 valence electrons. The molecule has 0 saturated carbocycles. The SMILES string of the molecule is O=C1Nc2ccccc2CC1NS(=O)(=O)N1CCOCC1. The topological polar surface area (TPSA) is 87.7 Å². The molecular formula is C13H17N3O4S. The van der Waals surface area contributed by atoms with Crippen molar-refractivity contribution in [1.82, 2.24) is 9.03 Å². The molecule has 1 atom stereocenters. The first kappa shape index (κ1) is 14.5. The summed E-state index contributed by atoms with van der Waals surface area (Å²) in [4.78, 5) is 12.0. The molecule has 1 fully saturated rings. The average Bonchev–Trinajstić information content (AvgIpc) is 2.49. The predicted octanol–water partition coefficient (Wildman–Crippen LogP) is -0.284. The van der Waals surface area contributed by atoms with Crippen LogP contribution in [-0.2, 0) is 26.2 Å². The van der Waals surface area contributed by atoms with E-state index in [9.17, 15) is 13.2 Å². The highest BCUT2D eigenvalue weighted by Gasteiger charge is 2.33. The third-order valence-corrected chi connectivity index (χ3v) is 5.24. The van der Waals surface area contributed by atoms with Gasteiger partial charge >= 0.3 is 0 Å². The van der Waals surface area contributed by atoms with Crippen molar-refractivity contribution < 1.29 is 17.9 Å². The van der Waals surface area contributed by atoms with Gasteiger partial charge in [-0.1, -0.05) is 18.2 Å². The standard InChI is InChI=1S/C13H17N3O4S/c17-13-12(9-10-3-1-2-4-11(10)14-13)15-21(18,19)16-5-7-20-8-6-16/h1-4,12,15H,5-9H2,(H,14,17). The second-order valence-electron chi connectivity index (χ2n) is 5.04. The molecule has 2 heterocycles. The van der Waals surface area contributed by atoms with E-state index in [0.29, 0.717) is 32.7 Å². The molecule has 0 aliphatic carbocycles. The maximum Gasteiger partial charge on any atom is 0.280 e. The molecule has 1 saturated heterocycles. The monoisotopic (exact) mass is 311 g/mol. The van der Waals surface area contributed by atoms with Crippen LogP contribution < -0.4 is 10.0 Å². The number of carbonyl (C=O) groups excluding carboxylic acids is 1. The number of ether oxygens (including phenoxy) is 1. The van der Waals surface area contributed by atoms with Gasteiger partial charge in [-0.3, -0.25) is 4.79 Å². The normalized spacial score (nSPS) is 23.4. The summed E-state index contributed by atoms with van der Waals surface area (Å²) in [5.41, 5.74) is 1.66. The van der Waals surface area contributed by atoms with Crippen LogP contribution in [0.1, 0.15) is 5.56 Å². The molecule has 0 aromatic heterocycles. The van der Waals surface area contributed by atoms with Gasteiger partial charge in [-0.05, 0) is 18.1 Å². The van der Waals surface area contributed by atoms with Gasteiger partial charge in [0, 0.05) is 18.8 Å². The van der Waals surface area contributed by atoms with Crippen molar-refractivity contribution in [1.29, 1.82) is 0 Å². The maximum atomic E-state index is 12.3. The number of para-hydroxylation sites is 1. The first-order valence-electron chi connectivity index (χ1n) is 6.80. The molecule has 1 amide bonds. The van der Waals surface area contributed by atoms with Crippen LogP contribution in [0.3, 0.4) is 0 Å². The third kappa shape index (κ3) is 3.08. The highest BCUT2D eigenvalue weighted by atomic mass is 32.2. The Hall–Kier alpha value is -1.48. The molecule has 7 nitrogen and oxygen atoms in total. The van der Waals surface area contributed by atoms with Crippen molar-refractivity contribution in [2.45, 2.75) is 12.5 Å². The Morgan fingerprint density at radius 1 is 1.24 bits per heavy atom. The van der Waals surface area contributed by atoms with Gasteiger partial charge in [0.05, 0.1) is 13.2 Å². The zero-order valence-corrected chi connectivity index (χ0v) is 12.2. The van der Waals surface area contributed by atoms with Crippen molar-refractivity contribution in [2.24, 2.45) is 0 Å². The number of fused-ring (bicyclic) bond motifs is 1. The highest BCUT2D eigenvalue weighted by Crippen LogP contribution is 2.22. The zero-order valence-electron chi connectivity index (χ0n) is 11.4. The number of morpholine rings is 1.